The maximum Gasteiger partial charge on any atom is 0.191 e. The summed E-state index contributed by atoms with van der Waals surface area (Å²) < 4.78 is 37.9. The summed E-state index contributed by atoms with van der Waals surface area (Å²) in [7, 11) is 1.52. The number of ether oxygens (including phenoxy) is 2. The van der Waals surface area contributed by atoms with Crippen LogP contribution in [-0.4, -0.2) is 12.2 Å². The highest BCUT2D eigenvalue weighted by molar-refractivity contribution is 5.37. The lowest BCUT2D eigenvalue weighted by molar-refractivity contribution is 0.262. The molecular weight excluding hydrogens is 278 g/mol. The highest BCUT2D eigenvalue weighted by Gasteiger charge is 2.14. The van der Waals surface area contributed by atoms with Gasteiger partial charge in [0.15, 0.2) is 17.4 Å². The third-order valence-electron chi connectivity index (χ3n) is 3.05. The fourth-order valence-electron chi connectivity index (χ4n) is 2.01. The minimum Gasteiger partial charge on any atom is -0.496 e. The van der Waals surface area contributed by atoms with E-state index in [2.05, 4.69) is 0 Å². The Kier molecular flexibility index (Phi) is 4.75. The molecule has 0 aliphatic heterocycles. The Morgan fingerprint density at radius 3 is 2.33 bits per heavy atom. The Bertz CT molecular complexity index is 618. The van der Waals surface area contributed by atoms with Crippen LogP contribution in [0.4, 0.5) is 8.78 Å². The second-order valence-corrected chi connectivity index (χ2v) is 4.65. The number of hydrogen-bond donors (Lipinski definition) is 1. The van der Waals surface area contributed by atoms with Gasteiger partial charge in [-0.3, -0.25) is 0 Å². The number of rotatable bonds is 5. The molecule has 0 heterocycles. The Morgan fingerprint density at radius 1 is 1.10 bits per heavy atom. The molecule has 0 aliphatic rings. The first-order chi connectivity index (χ1) is 10.0. The van der Waals surface area contributed by atoms with E-state index in [9.17, 15) is 8.78 Å². The molecule has 2 rings (SSSR count). The molecule has 0 unspecified atom stereocenters. The average molecular weight is 294 g/mol. The van der Waals surface area contributed by atoms with E-state index < -0.39 is 24.0 Å². The molecule has 2 aromatic carbocycles. The zero-order valence-electron chi connectivity index (χ0n) is 11.8. The summed E-state index contributed by atoms with van der Waals surface area (Å²) in [4.78, 5) is 0. The summed E-state index contributed by atoms with van der Waals surface area (Å²) in [5, 5.41) is 8.89. The molecule has 0 saturated carbocycles. The molecule has 2 aromatic rings. The summed E-state index contributed by atoms with van der Waals surface area (Å²) in [5.41, 5.74) is 1.85. The second kappa shape index (κ2) is 6.54. The van der Waals surface area contributed by atoms with Gasteiger partial charge in [-0.1, -0.05) is 11.6 Å². The van der Waals surface area contributed by atoms with E-state index in [-0.39, 0.29) is 12.2 Å². The van der Waals surface area contributed by atoms with Crippen LogP contribution < -0.4 is 9.47 Å². The summed E-state index contributed by atoms with van der Waals surface area (Å²) in [6, 6.07) is 7.57. The highest BCUT2D eigenvalue weighted by atomic mass is 19.1. The number of methoxy groups -OCH3 is 1. The lowest BCUT2D eigenvalue weighted by atomic mass is 10.1. The van der Waals surface area contributed by atoms with Gasteiger partial charge in [0.2, 0.25) is 0 Å². The molecule has 0 bridgehead atoms. The van der Waals surface area contributed by atoms with Crippen LogP contribution >= 0.6 is 0 Å². The molecule has 21 heavy (non-hydrogen) atoms. The maximum atomic E-state index is 13.8. The van der Waals surface area contributed by atoms with Crippen molar-refractivity contribution >= 4 is 0 Å². The lowest BCUT2D eigenvalue weighted by Crippen LogP contribution is -2.03. The minimum absolute atomic E-state index is 0.0167. The van der Waals surface area contributed by atoms with Crippen LogP contribution in [-0.2, 0) is 13.2 Å². The molecule has 0 aromatic heterocycles. The predicted octanol–water partition coefficient (Wildman–Crippen LogP) is 3.35. The zero-order chi connectivity index (χ0) is 15.4. The van der Waals surface area contributed by atoms with Gasteiger partial charge in [-0.15, -0.1) is 0 Å². The fourth-order valence-corrected chi connectivity index (χ4v) is 2.01. The van der Waals surface area contributed by atoms with Crippen molar-refractivity contribution in [3.8, 4) is 11.5 Å². The van der Waals surface area contributed by atoms with E-state index in [4.69, 9.17) is 14.6 Å². The standard InChI is InChI=1S/C16H16F2O3/c1-10-3-4-15(20-2)12(5-10)9-21-16-13(17)6-11(8-19)7-14(16)18/h3-7,19H,8-9H2,1-2H3. The quantitative estimate of drug-likeness (QED) is 0.919. The molecule has 3 nitrogen and oxygen atoms in total. The van der Waals surface area contributed by atoms with Gasteiger partial charge in [-0.25, -0.2) is 8.78 Å². The normalized spacial score (nSPS) is 10.5. The summed E-state index contributed by atoms with van der Waals surface area (Å²) in [5.74, 6) is -1.56. The molecule has 0 atom stereocenters. The molecule has 0 aliphatic carbocycles. The molecule has 5 heteroatoms. The number of benzene rings is 2. The van der Waals surface area contributed by atoms with Gasteiger partial charge in [-0.2, -0.15) is 0 Å². The van der Waals surface area contributed by atoms with Gasteiger partial charge < -0.3 is 14.6 Å². The average Bonchev–Trinajstić information content (AvgIpc) is 2.46. The molecule has 0 saturated heterocycles. The minimum atomic E-state index is -0.842. The van der Waals surface area contributed by atoms with Gasteiger partial charge in [0, 0.05) is 5.56 Å². The van der Waals surface area contributed by atoms with Gasteiger partial charge in [-0.05, 0) is 36.8 Å². The number of halogens is 2. The van der Waals surface area contributed by atoms with Crippen LogP contribution in [0.3, 0.4) is 0 Å². The van der Waals surface area contributed by atoms with Crippen molar-refractivity contribution < 1.29 is 23.4 Å². The van der Waals surface area contributed by atoms with Crippen molar-refractivity contribution in [3.63, 3.8) is 0 Å². The van der Waals surface area contributed by atoms with Crippen LogP contribution in [0.5, 0.6) is 11.5 Å². The van der Waals surface area contributed by atoms with Gasteiger partial charge in [0.25, 0.3) is 0 Å². The summed E-state index contributed by atoms with van der Waals surface area (Å²) in [6.45, 7) is 1.46. The second-order valence-electron chi connectivity index (χ2n) is 4.65. The van der Waals surface area contributed by atoms with E-state index in [0.717, 1.165) is 17.7 Å². The molecular formula is C16H16F2O3. The zero-order valence-corrected chi connectivity index (χ0v) is 11.8. The molecule has 0 radical (unpaired) electrons. The van der Waals surface area contributed by atoms with Crippen LogP contribution in [0, 0.1) is 18.6 Å². The number of aliphatic hydroxyl groups is 1. The van der Waals surface area contributed by atoms with Gasteiger partial charge >= 0.3 is 0 Å². The van der Waals surface area contributed by atoms with E-state index in [1.807, 2.05) is 19.1 Å². The summed E-state index contributed by atoms with van der Waals surface area (Å²) in [6.07, 6.45) is 0. The predicted molar refractivity (Wildman–Crippen MR) is 74.3 cm³/mol. The summed E-state index contributed by atoms with van der Waals surface area (Å²) >= 11 is 0. The van der Waals surface area contributed by atoms with Crippen LogP contribution in [0.1, 0.15) is 16.7 Å². The highest BCUT2D eigenvalue weighted by Crippen LogP contribution is 2.26. The van der Waals surface area contributed by atoms with Crippen molar-refractivity contribution in [3.05, 3.63) is 58.7 Å². The van der Waals surface area contributed by atoms with Crippen LogP contribution in [0.2, 0.25) is 0 Å². The Morgan fingerprint density at radius 2 is 1.76 bits per heavy atom. The maximum absolute atomic E-state index is 13.8. The largest absolute Gasteiger partial charge is 0.496 e. The van der Waals surface area contributed by atoms with Crippen molar-refractivity contribution in [2.45, 2.75) is 20.1 Å². The fraction of sp³-hybridized carbons (Fsp3) is 0.250. The van der Waals surface area contributed by atoms with Crippen LogP contribution in [0.15, 0.2) is 30.3 Å². The molecule has 112 valence electrons. The Balaban J connectivity index is 2.22. The van der Waals surface area contributed by atoms with Gasteiger partial charge in [0.1, 0.15) is 12.4 Å². The number of hydrogen-bond acceptors (Lipinski definition) is 3. The molecule has 1 N–H and O–H groups in total. The third-order valence-corrected chi connectivity index (χ3v) is 3.05. The van der Waals surface area contributed by atoms with Crippen molar-refractivity contribution in [2.75, 3.05) is 7.11 Å². The van der Waals surface area contributed by atoms with Crippen LogP contribution in [0.25, 0.3) is 0 Å². The molecule has 0 amide bonds. The van der Waals surface area contributed by atoms with Crippen molar-refractivity contribution in [2.24, 2.45) is 0 Å². The smallest absolute Gasteiger partial charge is 0.191 e. The molecule has 0 fully saturated rings. The topological polar surface area (TPSA) is 38.7 Å². The first kappa shape index (κ1) is 15.3. The first-order valence-corrected chi connectivity index (χ1v) is 6.40. The van der Waals surface area contributed by atoms with E-state index in [0.29, 0.717) is 11.3 Å². The van der Waals surface area contributed by atoms with E-state index >= 15 is 0 Å². The molecule has 0 spiro atoms. The Hall–Kier alpha value is -2.14. The number of aliphatic hydroxyl groups excluding tert-OH is 1. The number of aryl methyl sites for hydroxylation is 1. The SMILES string of the molecule is COc1ccc(C)cc1COc1c(F)cc(CO)cc1F. The van der Waals surface area contributed by atoms with E-state index in [1.165, 1.54) is 7.11 Å². The lowest BCUT2D eigenvalue weighted by Gasteiger charge is -2.12. The van der Waals surface area contributed by atoms with Gasteiger partial charge in [0.05, 0.1) is 13.7 Å². The third kappa shape index (κ3) is 3.49. The Labute approximate surface area is 121 Å². The first-order valence-electron chi connectivity index (χ1n) is 6.40. The van der Waals surface area contributed by atoms with Crippen molar-refractivity contribution in [1.82, 2.24) is 0 Å². The van der Waals surface area contributed by atoms with E-state index in [1.54, 1.807) is 6.07 Å². The monoisotopic (exact) mass is 294 g/mol. The van der Waals surface area contributed by atoms with Crippen molar-refractivity contribution in [1.29, 1.82) is 0 Å².